The fourth-order valence-electron chi connectivity index (χ4n) is 1.08. The van der Waals surface area contributed by atoms with Crippen molar-refractivity contribution in [3.05, 3.63) is 10.6 Å². The molecule has 0 fully saturated rings. The van der Waals surface area contributed by atoms with E-state index in [9.17, 15) is 4.79 Å². The summed E-state index contributed by atoms with van der Waals surface area (Å²) < 4.78 is 2.30. The highest BCUT2D eigenvalue weighted by Crippen LogP contribution is 2.01. The van der Waals surface area contributed by atoms with E-state index < -0.39 is 0 Å². The summed E-state index contributed by atoms with van der Waals surface area (Å²) in [5.74, 6) is 2.29. The minimum Gasteiger partial charge on any atom is -0.348 e. The molecule has 16 heavy (non-hydrogen) atoms. The number of carbonyl (C=O) groups is 1. The third-order valence-electron chi connectivity index (χ3n) is 2.00. The first-order valence-electron chi connectivity index (χ1n) is 5.10. The minimum atomic E-state index is 0.0346. The molecule has 0 atom stereocenters. The summed E-state index contributed by atoms with van der Waals surface area (Å²) in [5.41, 5.74) is 0. The van der Waals surface area contributed by atoms with E-state index in [2.05, 4.69) is 22.4 Å². The molecule has 7 heteroatoms. The van der Waals surface area contributed by atoms with Gasteiger partial charge in [0.2, 0.25) is 5.91 Å². The van der Waals surface area contributed by atoms with E-state index in [1.807, 2.05) is 7.05 Å². The molecule has 90 valence electrons. The van der Waals surface area contributed by atoms with Crippen LogP contribution in [0.25, 0.3) is 0 Å². The number of rotatable bonds is 6. The number of nitrogens with one attached hydrogen (secondary N) is 2. The zero-order valence-electron chi connectivity index (χ0n) is 9.45. The van der Waals surface area contributed by atoms with E-state index in [1.165, 1.54) is 0 Å². The van der Waals surface area contributed by atoms with Gasteiger partial charge in [-0.05, 0) is 24.4 Å². The molecule has 2 N–H and O–H groups in total. The molecule has 1 aromatic heterocycles. The first-order valence-corrected chi connectivity index (χ1v) is 6.66. The number of hydrogen-bond donors (Lipinski definition) is 2. The molecule has 0 spiro atoms. The lowest BCUT2D eigenvalue weighted by molar-refractivity contribution is -0.118. The largest absolute Gasteiger partial charge is 0.348 e. The van der Waals surface area contributed by atoms with Crippen LogP contribution in [-0.4, -0.2) is 32.2 Å². The van der Waals surface area contributed by atoms with Crippen LogP contribution >= 0.6 is 24.0 Å². The average Bonchev–Trinajstić information content (AvgIpc) is 2.58. The predicted molar refractivity (Wildman–Crippen MR) is 67.9 cm³/mol. The van der Waals surface area contributed by atoms with Crippen LogP contribution in [0.2, 0.25) is 0 Å². The SMILES string of the molecule is CCCSCC(=O)NCc1n[nH]c(=S)n1C. The molecule has 0 radical (unpaired) electrons. The van der Waals surface area contributed by atoms with Crippen molar-refractivity contribution in [2.45, 2.75) is 19.9 Å². The Morgan fingerprint density at radius 3 is 3.00 bits per heavy atom. The number of aromatic nitrogens is 3. The second-order valence-electron chi connectivity index (χ2n) is 3.33. The molecule has 0 unspecified atom stereocenters. The Balaban J connectivity index is 2.32. The van der Waals surface area contributed by atoms with Gasteiger partial charge in [-0.25, -0.2) is 0 Å². The fourth-order valence-corrected chi connectivity index (χ4v) is 1.95. The molecule has 0 bridgehead atoms. The highest BCUT2D eigenvalue weighted by atomic mass is 32.2. The maximum atomic E-state index is 11.4. The lowest BCUT2D eigenvalue weighted by atomic mass is 10.5. The van der Waals surface area contributed by atoms with Crippen molar-refractivity contribution >= 4 is 29.9 Å². The van der Waals surface area contributed by atoms with Gasteiger partial charge in [-0.3, -0.25) is 9.89 Å². The number of aromatic amines is 1. The monoisotopic (exact) mass is 260 g/mol. The van der Waals surface area contributed by atoms with Crippen molar-refractivity contribution in [2.75, 3.05) is 11.5 Å². The van der Waals surface area contributed by atoms with Crippen LogP contribution in [0.15, 0.2) is 0 Å². The number of thioether (sulfide) groups is 1. The van der Waals surface area contributed by atoms with Crippen LogP contribution in [0.5, 0.6) is 0 Å². The molecular formula is C9H16N4OS2. The Labute approximate surface area is 104 Å². The Morgan fingerprint density at radius 2 is 2.44 bits per heavy atom. The molecule has 0 saturated heterocycles. The van der Waals surface area contributed by atoms with E-state index in [0.29, 0.717) is 17.1 Å². The van der Waals surface area contributed by atoms with Gasteiger partial charge in [0.25, 0.3) is 0 Å². The van der Waals surface area contributed by atoms with E-state index in [1.54, 1.807) is 16.3 Å². The van der Waals surface area contributed by atoms with Crippen LogP contribution in [0.1, 0.15) is 19.2 Å². The highest BCUT2D eigenvalue weighted by Gasteiger charge is 2.05. The molecule has 5 nitrogen and oxygen atoms in total. The quantitative estimate of drug-likeness (QED) is 0.596. The molecule has 0 aliphatic rings. The number of hydrogen-bond acceptors (Lipinski definition) is 4. The normalized spacial score (nSPS) is 10.4. The Bertz CT molecular complexity index is 398. The summed E-state index contributed by atoms with van der Waals surface area (Å²) in [4.78, 5) is 11.4. The molecule has 1 heterocycles. The Hall–Kier alpha value is -0.820. The van der Waals surface area contributed by atoms with Crippen LogP contribution in [0.3, 0.4) is 0 Å². The second kappa shape index (κ2) is 6.70. The first-order chi connectivity index (χ1) is 7.65. The van der Waals surface area contributed by atoms with Crippen molar-refractivity contribution < 1.29 is 4.79 Å². The smallest absolute Gasteiger partial charge is 0.230 e. The molecule has 1 rings (SSSR count). The summed E-state index contributed by atoms with van der Waals surface area (Å²) in [6.07, 6.45) is 1.09. The predicted octanol–water partition coefficient (Wildman–Crippen LogP) is 1.24. The number of carbonyl (C=O) groups excluding carboxylic acids is 1. The summed E-state index contributed by atoms with van der Waals surface area (Å²) in [6, 6.07) is 0. The number of nitrogens with zero attached hydrogens (tertiary/aromatic N) is 2. The summed E-state index contributed by atoms with van der Waals surface area (Å²) in [5, 5.41) is 9.48. The van der Waals surface area contributed by atoms with Gasteiger partial charge >= 0.3 is 0 Å². The van der Waals surface area contributed by atoms with E-state index >= 15 is 0 Å². The first kappa shape index (κ1) is 13.2. The van der Waals surface area contributed by atoms with E-state index in [-0.39, 0.29) is 5.91 Å². The molecule has 1 amide bonds. The van der Waals surface area contributed by atoms with Crippen molar-refractivity contribution in [3.8, 4) is 0 Å². The van der Waals surface area contributed by atoms with Crippen molar-refractivity contribution in [2.24, 2.45) is 7.05 Å². The average molecular weight is 260 g/mol. The van der Waals surface area contributed by atoms with Crippen molar-refractivity contribution in [1.29, 1.82) is 0 Å². The van der Waals surface area contributed by atoms with Crippen molar-refractivity contribution in [3.63, 3.8) is 0 Å². The molecular weight excluding hydrogens is 244 g/mol. The zero-order valence-corrected chi connectivity index (χ0v) is 11.1. The van der Waals surface area contributed by atoms with Crippen LogP contribution in [-0.2, 0) is 18.4 Å². The van der Waals surface area contributed by atoms with Crippen molar-refractivity contribution in [1.82, 2.24) is 20.1 Å². The lowest BCUT2D eigenvalue weighted by Gasteiger charge is -2.03. The van der Waals surface area contributed by atoms with Gasteiger partial charge in [0.15, 0.2) is 10.6 Å². The summed E-state index contributed by atoms with van der Waals surface area (Å²) in [6.45, 7) is 2.51. The molecule has 0 aliphatic carbocycles. The molecule has 0 saturated carbocycles. The summed E-state index contributed by atoms with van der Waals surface area (Å²) in [7, 11) is 1.82. The third kappa shape index (κ3) is 3.97. The lowest BCUT2D eigenvalue weighted by Crippen LogP contribution is -2.26. The van der Waals surface area contributed by atoms with E-state index in [0.717, 1.165) is 18.0 Å². The standard InChI is InChI=1S/C9H16N4OS2/c1-3-4-16-6-8(14)10-5-7-11-12-9(15)13(7)2/h3-6H2,1-2H3,(H,10,14)(H,12,15). The number of amides is 1. The zero-order chi connectivity index (χ0) is 12.0. The van der Waals surface area contributed by atoms with Gasteiger partial charge in [0.1, 0.15) is 0 Å². The number of H-pyrrole nitrogens is 1. The topological polar surface area (TPSA) is 62.7 Å². The van der Waals surface area contributed by atoms with Gasteiger partial charge in [0.05, 0.1) is 12.3 Å². The third-order valence-corrected chi connectivity index (χ3v) is 3.53. The van der Waals surface area contributed by atoms with Gasteiger partial charge in [-0.2, -0.15) is 16.9 Å². The molecule has 0 aliphatic heterocycles. The van der Waals surface area contributed by atoms with Gasteiger partial charge < -0.3 is 9.88 Å². The highest BCUT2D eigenvalue weighted by molar-refractivity contribution is 7.99. The Morgan fingerprint density at radius 1 is 1.69 bits per heavy atom. The second-order valence-corrected chi connectivity index (χ2v) is 4.83. The van der Waals surface area contributed by atoms with Crippen LogP contribution < -0.4 is 5.32 Å². The maximum Gasteiger partial charge on any atom is 0.230 e. The van der Waals surface area contributed by atoms with Crippen LogP contribution in [0, 0.1) is 4.77 Å². The fraction of sp³-hybridized carbons (Fsp3) is 0.667. The minimum absolute atomic E-state index is 0.0346. The van der Waals surface area contributed by atoms with Crippen LogP contribution in [0.4, 0.5) is 0 Å². The molecule has 0 aromatic carbocycles. The Kier molecular flexibility index (Phi) is 5.54. The van der Waals surface area contributed by atoms with Gasteiger partial charge in [-0.15, -0.1) is 0 Å². The van der Waals surface area contributed by atoms with Gasteiger partial charge in [-0.1, -0.05) is 6.92 Å². The molecule has 1 aromatic rings. The maximum absolute atomic E-state index is 11.4. The van der Waals surface area contributed by atoms with Gasteiger partial charge in [0, 0.05) is 7.05 Å². The summed E-state index contributed by atoms with van der Waals surface area (Å²) >= 11 is 6.61. The van der Waals surface area contributed by atoms with E-state index in [4.69, 9.17) is 12.2 Å².